The van der Waals surface area contributed by atoms with E-state index in [1.165, 1.54) is 0 Å². The predicted molar refractivity (Wildman–Crippen MR) is 47.1 cm³/mol. The Kier molecular flexibility index (Phi) is 4.21. The second-order valence-corrected chi connectivity index (χ2v) is 2.70. The van der Waals surface area contributed by atoms with Gasteiger partial charge in [-0.3, -0.25) is 0 Å². The fourth-order valence-electron chi connectivity index (χ4n) is 1.11. The first kappa shape index (κ1) is 11.4. The van der Waals surface area contributed by atoms with Crippen molar-refractivity contribution in [3.8, 4) is 5.75 Å². The molecule has 0 heterocycles. The minimum Gasteiger partial charge on any atom is -0.508 e. The van der Waals surface area contributed by atoms with Crippen molar-refractivity contribution in [2.24, 2.45) is 0 Å². The van der Waals surface area contributed by atoms with Crippen LogP contribution in [0.2, 0.25) is 0 Å². The van der Waals surface area contributed by atoms with Crippen LogP contribution < -0.4 is 5.32 Å². The van der Waals surface area contributed by atoms with Crippen LogP contribution in [0.1, 0.15) is 11.1 Å². The Morgan fingerprint density at radius 1 is 1.17 bits per heavy atom. The number of anilines is 1. The van der Waals surface area contributed by atoms with Crippen molar-refractivity contribution in [2.45, 2.75) is 13.8 Å². The van der Waals surface area contributed by atoms with E-state index in [1.807, 2.05) is 27.0 Å². The third-order valence-electron chi connectivity index (χ3n) is 1.81. The predicted octanol–water partition coefficient (Wildman–Crippen LogP) is 2.05. The van der Waals surface area contributed by atoms with E-state index in [0.29, 0.717) is 5.75 Å². The Hall–Kier alpha value is -0.596. The van der Waals surface area contributed by atoms with Gasteiger partial charge in [0.2, 0.25) is 0 Å². The van der Waals surface area contributed by atoms with Crippen molar-refractivity contribution in [3.63, 3.8) is 0 Å². The molecule has 12 heavy (non-hydrogen) atoms. The molecule has 0 amide bonds. The van der Waals surface area contributed by atoms with Crippen LogP contribution in [0.15, 0.2) is 12.1 Å². The van der Waals surface area contributed by atoms with Gasteiger partial charge in [-0.15, -0.1) is 0 Å². The molecule has 2 N–H and O–H groups in total. The molecule has 0 bridgehead atoms. The minimum absolute atomic E-state index is 0. The molecule has 0 atom stereocenters. The fraction of sp³-hybridized carbons (Fsp3) is 0.333. The van der Waals surface area contributed by atoms with Crippen LogP contribution in [0.4, 0.5) is 5.69 Å². The molecule has 1 rings (SSSR count). The van der Waals surface area contributed by atoms with Gasteiger partial charge in [-0.1, -0.05) is 6.07 Å². The second-order valence-electron chi connectivity index (χ2n) is 2.70. The maximum atomic E-state index is 9.32. The molecule has 0 aliphatic heterocycles. The van der Waals surface area contributed by atoms with Crippen molar-refractivity contribution < 1.29 is 23.7 Å². The molecule has 0 saturated carbocycles. The van der Waals surface area contributed by atoms with Crippen LogP contribution in [-0.4, -0.2) is 12.2 Å². The number of nitrogens with one attached hydrogen (secondary N) is 1. The Balaban J connectivity index is 0.00000121. The van der Waals surface area contributed by atoms with Gasteiger partial charge in [0.25, 0.3) is 0 Å². The maximum absolute atomic E-state index is 9.32. The van der Waals surface area contributed by atoms with Crippen molar-refractivity contribution in [3.05, 3.63) is 23.3 Å². The van der Waals surface area contributed by atoms with Gasteiger partial charge in [-0.2, -0.15) is 0 Å². The summed E-state index contributed by atoms with van der Waals surface area (Å²) in [5, 5.41) is 12.3. The molecule has 3 heteroatoms. The summed E-state index contributed by atoms with van der Waals surface area (Å²) in [6.45, 7) is 3.90. The third-order valence-corrected chi connectivity index (χ3v) is 1.81. The van der Waals surface area contributed by atoms with E-state index in [9.17, 15) is 5.11 Å². The molecular weight excluding hydrogens is 189 g/mol. The van der Waals surface area contributed by atoms with E-state index in [2.05, 4.69) is 5.32 Å². The van der Waals surface area contributed by atoms with E-state index in [-0.39, 0.29) is 18.6 Å². The van der Waals surface area contributed by atoms with Crippen LogP contribution in [0.5, 0.6) is 5.75 Å². The Morgan fingerprint density at radius 3 is 2.25 bits per heavy atom. The summed E-state index contributed by atoms with van der Waals surface area (Å²) in [5.74, 6) is 0.347. The number of benzene rings is 1. The Morgan fingerprint density at radius 2 is 1.75 bits per heavy atom. The van der Waals surface area contributed by atoms with E-state index in [4.69, 9.17) is 0 Å². The van der Waals surface area contributed by atoms with E-state index in [1.54, 1.807) is 6.07 Å². The first-order valence-electron chi connectivity index (χ1n) is 3.63. The zero-order valence-electron chi connectivity index (χ0n) is 7.55. The first-order valence-corrected chi connectivity index (χ1v) is 3.63. The van der Waals surface area contributed by atoms with Gasteiger partial charge in [-0.25, -0.2) is 0 Å². The summed E-state index contributed by atoms with van der Waals surface area (Å²) >= 11 is 0. The van der Waals surface area contributed by atoms with Crippen molar-refractivity contribution >= 4 is 5.69 Å². The van der Waals surface area contributed by atoms with Gasteiger partial charge in [0.05, 0.1) is 0 Å². The average molecular weight is 202 g/mol. The fourth-order valence-corrected chi connectivity index (χ4v) is 1.11. The Labute approximate surface area is 84.9 Å². The number of aromatic hydroxyl groups is 1. The minimum atomic E-state index is 0. The van der Waals surface area contributed by atoms with E-state index < -0.39 is 0 Å². The number of hydrogen-bond acceptors (Lipinski definition) is 2. The van der Waals surface area contributed by atoms with E-state index >= 15 is 0 Å². The molecule has 2 nitrogen and oxygen atoms in total. The molecule has 0 spiro atoms. The quantitative estimate of drug-likeness (QED) is 0.730. The van der Waals surface area contributed by atoms with Crippen LogP contribution in [0.25, 0.3) is 0 Å². The van der Waals surface area contributed by atoms with Crippen molar-refractivity contribution in [1.29, 1.82) is 0 Å². The third kappa shape index (κ3) is 2.19. The molecular formula is C9H13NOV. The normalized spacial score (nSPS) is 8.92. The smallest absolute Gasteiger partial charge is 0.120 e. The average Bonchev–Trinajstić information content (AvgIpc) is 1.97. The molecule has 0 aliphatic rings. The summed E-state index contributed by atoms with van der Waals surface area (Å²) < 4.78 is 0. The number of phenols is 1. The largest absolute Gasteiger partial charge is 0.508 e. The SMILES string of the molecule is CNc1cc(O)c(C)cc1C.[V]. The summed E-state index contributed by atoms with van der Waals surface area (Å²) in [7, 11) is 1.84. The molecule has 0 aliphatic carbocycles. The molecule has 0 fully saturated rings. The zero-order valence-corrected chi connectivity index (χ0v) is 8.95. The summed E-state index contributed by atoms with van der Waals surface area (Å²) in [4.78, 5) is 0. The molecule has 65 valence electrons. The Bertz CT molecular complexity index is 273. The topological polar surface area (TPSA) is 32.3 Å². The van der Waals surface area contributed by atoms with Gasteiger partial charge >= 0.3 is 0 Å². The standard InChI is InChI=1S/C9H13NO.V/c1-6-4-7(2)9(11)5-8(6)10-3;/h4-5,10-11H,1-3H3;. The summed E-state index contributed by atoms with van der Waals surface area (Å²) in [6.07, 6.45) is 0. The number of phenolic OH excluding ortho intramolecular Hbond substituents is 1. The monoisotopic (exact) mass is 202 g/mol. The van der Waals surface area contributed by atoms with Crippen molar-refractivity contribution in [2.75, 3.05) is 12.4 Å². The maximum Gasteiger partial charge on any atom is 0.120 e. The summed E-state index contributed by atoms with van der Waals surface area (Å²) in [6, 6.07) is 3.70. The van der Waals surface area contributed by atoms with Crippen LogP contribution >= 0.6 is 0 Å². The molecule has 1 aromatic rings. The van der Waals surface area contributed by atoms with Gasteiger partial charge in [0, 0.05) is 37.4 Å². The molecule has 1 aromatic carbocycles. The van der Waals surface area contributed by atoms with Gasteiger partial charge in [0.15, 0.2) is 0 Å². The second kappa shape index (κ2) is 4.43. The first-order chi connectivity index (χ1) is 5.15. The molecule has 0 aromatic heterocycles. The molecule has 0 unspecified atom stereocenters. The zero-order chi connectivity index (χ0) is 8.43. The van der Waals surface area contributed by atoms with E-state index in [0.717, 1.165) is 16.8 Å². The van der Waals surface area contributed by atoms with Gasteiger partial charge in [-0.05, 0) is 25.0 Å². The van der Waals surface area contributed by atoms with Crippen LogP contribution in [-0.2, 0) is 18.6 Å². The van der Waals surface area contributed by atoms with Crippen LogP contribution in [0.3, 0.4) is 0 Å². The van der Waals surface area contributed by atoms with Gasteiger partial charge < -0.3 is 10.4 Å². The van der Waals surface area contributed by atoms with Gasteiger partial charge in [0.1, 0.15) is 5.75 Å². The van der Waals surface area contributed by atoms with Crippen molar-refractivity contribution in [1.82, 2.24) is 0 Å². The number of rotatable bonds is 1. The van der Waals surface area contributed by atoms with Crippen LogP contribution in [0, 0.1) is 13.8 Å². The summed E-state index contributed by atoms with van der Waals surface area (Å²) in [5.41, 5.74) is 3.05. The number of hydrogen-bond donors (Lipinski definition) is 2. The molecule has 1 radical (unpaired) electrons. The number of aryl methyl sites for hydroxylation is 2. The molecule has 0 saturated heterocycles.